The van der Waals surface area contributed by atoms with Gasteiger partial charge in [-0.2, -0.15) is 5.10 Å². The van der Waals surface area contributed by atoms with Crippen molar-refractivity contribution in [3.05, 3.63) is 106 Å². The molecule has 4 aromatic rings. The summed E-state index contributed by atoms with van der Waals surface area (Å²) in [6.07, 6.45) is 4.02. The van der Waals surface area contributed by atoms with Crippen molar-refractivity contribution < 1.29 is 4.79 Å². The summed E-state index contributed by atoms with van der Waals surface area (Å²) >= 11 is 0. The molecule has 0 fully saturated rings. The fraction of sp³-hybridized carbons (Fsp3) is 0.130. The summed E-state index contributed by atoms with van der Waals surface area (Å²) in [4.78, 5) is 29.4. The summed E-state index contributed by atoms with van der Waals surface area (Å²) in [5, 5.41) is 8.70. The van der Waals surface area contributed by atoms with E-state index >= 15 is 0 Å². The maximum atomic E-state index is 12.9. The van der Waals surface area contributed by atoms with Crippen LogP contribution in [0.1, 0.15) is 16.8 Å². The lowest BCUT2D eigenvalue weighted by atomic mass is 10.1. The Kier molecular flexibility index (Phi) is 5.42. The largest absolute Gasteiger partial charge is 0.350 e. The van der Waals surface area contributed by atoms with Crippen LogP contribution in [0, 0.1) is 0 Å². The normalized spacial score (nSPS) is 10.8. The van der Waals surface area contributed by atoms with Gasteiger partial charge in [-0.15, -0.1) is 0 Å². The Balaban J connectivity index is 1.61. The van der Waals surface area contributed by atoms with Crippen LogP contribution in [0.2, 0.25) is 0 Å². The van der Waals surface area contributed by atoms with Crippen molar-refractivity contribution in [1.29, 1.82) is 0 Å². The molecule has 0 radical (unpaired) electrons. The van der Waals surface area contributed by atoms with Crippen LogP contribution in [-0.2, 0) is 24.3 Å². The van der Waals surface area contributed by atoms with E-state index in [0.29, 0.717) is 18.4 Å². The second-order valence-electron chi connectivity index (χ2n) is 6.76. The molecule has 144 valence electrons. The third-order valence-electron chi connectivity index (χ3n) is 4.66. The van der Waals surface area contributed by atoms with Crippen molar-refractivity contribution in [2.45, 2.75) is 19.5 Å². The molecule has 1 N–H and O–H groups in total. The number of nitrogens with one attached hydrogen (secondary N) is 1. The van der Waals surface area contributed by atoms with Gasteiger partial charge in [-0.05, 0) is 23.3 Å². The number of benzene rings is 2. The van der Waals surface area contributed by atoms with Crippen molar-refractivity contribution in [3.63, 3.8) is 0 Å². The van der Waals surface area contributed by atoms with Gasteiger partial charge in [0.2, 0.25) is 5.91 Å². The van der Waals surface area contributed by atoms with Crippen molar-refractivity contribution in [3.8, 4) is 0 Å². The van der Waals surface area contributed by atoms with Gasteiger partial charge >= 0.3 is 0 Å². The van der Waals surface area contributed by atoms with Crippen LogP contribution in [0.4, 0.5) is 0 Å². The summed E-state index contributed by atoms with van der Waals surface area (Å²) in [6, 6.07) is 20.8. The molecular weight excluding hydrogens is 364 g/mol. The molecule has 29 heavy (non-hydrogen) atoms. The highest BCUT2D eigenvalue weighted by Crippen LogP contribution is 2.16. The molecule has 2 heterocycles. The number of rotatable bonds is 6. The molecule has 0 atom stereocenters. The second kappa shape index (κ2) is 8.48. The minimum Gasteiger partial charge on any atom is -0.350 e. The van der Waals surface area contributed by atoms with E-state index in [9.17, 15) is 9.59 Å². The molecule has 1 amide bonds. The van der Waals surface area contributed by atoms with Gasteiger partial charge in [-0.25, -0.2) is 4.68 Å². The molecule has 6 nitrogen and oxygen atoms in total. The molecular formula is C23H20N4O2. The molecule has 0 aliphatic rings. The maximum Gasteiger partial charge on any atom is 0.275 e. The minimum atomic E-state index is -0.273. The molecule has 0 aliphatic carbocycles. The number of fused-ring (bicyclic) bond motifs is 1. The number of hydrogen-bond donors (Lipinski definition) is 1. The topological polar surface area (TPSA) is 76.9 Å². The predicted octanol–water partition coefficient (Wildman–Crippen LogP) is 2.70. The Bertz CT molecular complexity index is 1190. The molecule has 0 unspecified atom stereocenters. The molecule has 2 aromatic carbocycles. The number of carbonyl (C=O) groups is 1. The van der Waals surface area contributed by atoms with E-state index in [-0.39, 0.29) is 18.0 Å². The third kappa shape index (κ3) is 4.38. The highest BCUT2D eigenvalue weighted by Gasteiger charge is 2.13. The van der Waals surface area contributed by atoms with E-state index in [0.717, 1.165) is 22.2 Å². The van der Waals surface area contributed by atoms with Crippen LogP contribution in [0.15, 0.2) is 83.9 Å². The predicted molar refractivity (Wildman–Crippen MR) is 111 cm³/mol. The number of aromatic nitrogens is 3. The highest BCUT2D eigenvalue weighted by molar-refractivity contribution is 5.84. The molecule has 2 aromatic heterocycles. The van der Waals surface area contributed by atoms with Gasteiger partial charge in [-0.1, -0.05) is 54.6 Å². The number of amides is 1. The van der Waals surface area contributed by atoms with Crippen molar-refractivity contribution >= 4 is 16.7 Å². The lowest BCUT2D eigenvalue weighted by Gasteiger charge is -2.11. The van der Waals surface area contributed by atoms with Crippen molar-refractivity contribution in [2.24, 2.45) is 0 Å². The van der Waals surface area contributed by atoms with E-state index in [4.69, 9.17) is 0 Å². The highest BCUT2D eigenvalue weighted by atomic mass is 16.2. The lowest BCUT2D eigenvalue weighted by Crippen LogP contribution is -2.34. The first-order chi connectivity index (χ1) is 14.2. The monoisotopic (exact) mass is 384 g/mol. The molecule has 6 heteroatoms. The van der Waals surface area contributed by atoms with Crippen LogP contribution in [0.25, 0.3) is 10.8 Å². The fourth-order valence-electron chi connectivity index (χ4n) is 3.23. The zero-order valence-electron chi connectivity index (χ0n) is 15.8. The number of nitrogens with zero attached hydrogens (tertiary/aromatic N) is 3. The van der Waals surface area contributed by atoms with Gasteiger partial charge in [0.15, 0.2) is 0 Å². The average Bonchev–Trinajstić information content (AvgIpc) is 2.77. The zero-order chi connectivity index (χ0) is 20.1. The van der Waals surface area contributed by atoms with Crippen molar-refractivity contribution in [1.82, 2.24) is 20.1 Å². The van der Waals surface area contributed by atoms with Gasteiger partial charge < -0.3 is 5.32 Å². The zero-order valence-corrected chi connectivity index (χ0v) is 15.8. The molecule has 0 spiro atoms. The summed E-state index contributed by atoms with van der Waals surface area (Å²) in [5.74, 6) is -0.258. The number of hydrogen-bond acceptors (Lipinski definition) is 4. The Hall–Kier alpha value is -3.80. The van der Waals surface area contributed by atoms with Crippen LogP contribution >= 0.6 is 0 Å². The summed E-state index contributed by atoms with van der Waals surface area (Å²) < 4.78 is 1.24. The van der Waals surface area contributed by atoms with Crippen LogP contribution < -0.4 is 10.9 Å². The van der Waals surface area contributed by atoms with Gasteiger partial charge in [0.05, 0.1) is 11.1 Å². The summed E-state index contributed by atoms with van der Waals surface area (Å²) in [5.41, 5.74) is 2.45. The molecule has 0 saturated heterocycles. The van der Waals surface area contributed by atoms with Gasteiger partial charge in [0.1, 0.15) is 6.54 Å². The quantitative estimate of drug-likeness (QED) is 0.555. The van der Waals surface area contributed by atoms with E-state index in [1.54, 1.807) is 18.5 Å². The van der Waals surface area contributed by atoms with E-state index in [1.165, 1.54) is 4.68 Å². The van der Waals surface area contributed by atoms with E-state index in [2.05, 4.69) is 15.4 Å². The summed E-state index contributed by atoms with van der Waals surface area (Å²) in [7, 11) is 0. The summed E-state index contributed by atoms with van der Waals surface area (Å²) in [6.45, 7) is 0.279. The first-order valence-corrected chi connectivity index (χ1v) is 9.39. The first kappa shape index (κ1) is 18.6. The molecule has 0 saturated carbocycles. The van der Waals surface area contributed by atoms with E-state index < -0.39 is 0 Å². The average molecular weight is 384 g/mol. The Morgan fingerprint density at radius 2 is 1.62 bits per heavy atom. The fourth-order valence-corrected chi connectivity index (χ4v) is 3.23. The van der Waals surface area contributed by atoms with Crippen LogP contribution in [0.3, 0.4) is 0 Å². The Labute approximate surface area is 167 Å². The molecule has 0 bridgehead atoms. The van der Waals surface area contributed by atoms with Gasteiger partial charge in [-0.3, -0.25) is 14.6 Å². The number of carbonyl (C=O) groups excluding carboxylic acids is 1. The minimum absolute atomic E-state index is 0.128. The maximum absolute atomic E-state index is 12.9. The second-order valence-corrected chi connectivity index (χ2v) is 6.76. The van der Waals surface area contributed by atoms with Crippen molar-refractivity contribution in [2.75, 3.05) is 0 Å². The first-order valence-electron chi connectivity index (χ1n) is 9.39. The van der Waals surface area contributed by atoms with Gasteiger partial charge in [0.25, 0.3) is 5.56 Å². The van der Waals surface area contributed by atoms with Gasteiger partial charge in [0, 0.05) is 30.7 Å². The Morgan fingerprint density at radius 3 is 2.38 bits per heavy atom. The SMILES string of the molecule is O=C(Cn1nc(Cc2cccnc2)c2ccccc2c1=O)NCc1ccccc1. The van der Waals surface area contributed by atoms with E-state index in [1.807, 2.05) is 60.7 Å². The number of pyridine rings is 1. The Morgan fingerprint density at radius 1 is 0.897 bits per heavy atom. The standard InChI is InChI=1S/C23H20N4O2/c28-22(25-15-17-7-2-1-3-8-17)16-27-23(29)20-11-5-4-10-19(20)21(26-27)13-18-9-6-12-24-14-18/h1-12,14H,13,15-16H2,(H,25,28). The smallest absolute Gasteiger partial charge is 0.275 e. The molecule has 0 aliphatic heterocycles. The third-order valence-corrected chi connectivity index (χ3v) is 4.66. The molecule has 4 rings (SSSR count). The van der Waals surface area contributed by atoms with Crippen LogP contribution in [0.5, 0.6) is 0 Å². The van der Waals surface area contributed by atoms with Crippen LogP contribution in [-0.4, -0.2) is 20.7 Å². The lowest BCUT2D eigenvalue weighted by molar-refractivity contribution is -0.122.